The lowest BCUT2D eigenvalue weighted by Crippen LogP contribution is -2.44. The fourth-order valence-electron chi connectivity index (χ4n) is 4.85. The number of fused-ring (bicyclic) bond motifs is 3. The van der Waals surface area contributed by atoms with Gasteiger partial charge in [0.25, 0.3) is 17.4 Å². The molecule has 4 heterocycles. The summed E-state index contributed by atoms with van der Waals surface area (Å²) in [4.78, 5) is 30.3. The Morgan fingerprint density at radius 1 is 1.03 bits per heavy atom. The molecule has 0 aromatic heterocycles. The molecule has 4 fully saturated rings. The molecular weight excluding hydrogens is 398 g/mol. The van der Waals surface area contributed by atoms with Crippen molar-refractivity contribution in [1.29, 1.82) is 0 Å². The van der Waals surface area contributed by atoms with Crippen molar-refractivity contribution in [3.63, 3.8) is 0 Å². The Morgan fingerprint density at radius 3 is 2.52 bits per heavy atom. The van der Waals surface area contributed by atoms with Gasteiger partial charge >= 0.3 is 0 Å². The normalized spacial score (nSPS) is 31.4. The zero-order valence-corrected chi connectivity index (χ0v) is 16.9. The Kier molecular flexibility index (Phi) is 4.27. The fraction of sp³-hybridized carbons (Fsp3) is 0.391. The van der Waals surface area contributed by atoms with E-state index in [0.29, 0.717) is 25.5 Å². The minimum Gasteiger partial charge on any atom is -0.378 e. The molecule has 4 saturated heterocycles. The maximum atomic E-state index is 13.3. The molecule has 4 atom stereocenters. The second-order valence-electron chi connectivity index (χ2n) is 8.25. The maximum absolute atomic E-state index is 13.3. The number of morpholine rings is 2. The van der Waals surface area contributed by atoms with Gasteiger partial charge in [-0.15, -0.1) is 0 Å². The molecule has 0 bridgehead atoms. The van der Waals surface area contributed by atoms with E-state index in [1.165, 1.54) is 0 Å². The molecule has 4 aliphatic rings. The standard InChI is InChI=1S/C23H23N3O5/c27-21(24-16-6-8-17(9-7-16)25-10-12-29-13-11-25)23-19(31-23)18-14-30-20(26(18)22(23)28)15-4-2-1-3-5-15/h1-9,18-20H,10-14H2,(H,24,27)/t18-,19-,20-,23+/m1/s1. The summed E-state index contributed by atoms with van der Waals surface area (Å²) in [7, 11) is 0. The highest BCUT2D eigenvalue weighted by molar-refractivity contribution is 6.18. The lowest BCUT2D eigenvalue weighted by Gasteiger charge is -2.29. The Balaban J connectivity index is 1.17. The first-order valence-corrected chi connectivity index (χ1v) is 10.6. The van der Waals surface area contributed by atoms with Gasteiger partial charge in [-0.2, -0.15) is 0 Å². The van der Waals surface area contributed by atoms with E-state index in [1.807, 2.05) is 54.6 Å². The Hall–Kier alpha value is -2.94. The van der Waals surface area contributed by atoms with Gasteiger partial charge in [0.05, 0.1) is 25.9 Å². The van der Waals surface area contributed by atoms with E-state index in [9.17, 15) is 9.59 Å². The number of ether oxygens (including phenoxy) is 3. The molecule has 0 spiro atoms. The number of benzene rings is 2. The Morgan fingerprint density at radius 2 is 1.77 bits per heavy atom. The van der Waals surface area contributed by atoms with Crippen LogP contribution < -0.4 is 10.2 Å². The number of anilines is 2. The fourth-order valence-corrected chi connectivity index (χ4v) is 4.85. The van der Waals surface area contributed by atoms with Gasteiger partial charge < -0.3 is 29.3 Å². The van der Waals surface area contributed by atoms with Gasteiger partial charge in [-0.3, -0.25) is 9.59 Å². The third kappa shape index (κ3) is 2.86. The topological polar surface area (TPSA) is 83.6 Å². The van der Waals surface area contributed by atoms with Crippen molar-refractivity contribution in [3.8, 4) is 0 Å². The second kappa shape index (κ2) is 7.05. The predicted molar refractivity (Wildman–Crippen MR) is 111 cm³/mol. The highest BCUT2D eigenvalue weighted by Gasteiger charge is 2.80. The molecule has 2 amide bonds. The van der Waals surface area contributed by atoms with Crippen molar-refractivity contribution in [1.82, 2.24) is 4.90 Å². The van der Waals surface area contributed by atoms with E-state index < -0.39 is 23.8 Å². The number of carbonyl (C=O) groups is 2. The molecule has 31 heavy (non-hydrogen) atoms. The number of hydrogen-bond donors (Lipinski definition) is 1. The molecule has 2 aromatic rings. The average molecular weight is 421 g/mol. The van der Waals surface area contributed by atoms with Gasteiger partial charge in [-0.25, -0.2) is 0 Å². The number of carbonyl (C=O) groups excluding carboxylic acids is 2. The first kappa shape index (κ1) is 18.8. The van der Waals surface area contributed by atoms with Crippen LogP contribution >= 0.6 is 0 Å². The largest absolute Gasteiger partial charge is 0.378 e. The molecular formula is C23H23N3O5. The maximum Gasteiger partial charge on any atom is 0.270 e. The van der Waals surface area contributed by atoms with Gasteiger partial charge in [0, 0.05) is 30.0 Å². The summed E-state index contributed by atoms with van der Waals surface area (Å²) in [6.45, 7) is 3.49. The van der Waals surface area contributed by atoms with Crippen LogP contribution in [-0.4, -0.2) is 67.4 Å². The molecule has 1 N–H and O–H groups in total. The smallest absolute Gasteiger partial charge is 0.270 e. The van der Waals surface area contributed by atoms with E-state index >= 15 is 0 Å². The molecule has 0 unspecified atom stereocenters. The summed E-state index contributed by atoms with van der Waals surface area (Å²) in [6.07, 6.45) is -0.950. The van der Waals surface area contributed by atoms with Crippen LogP contribution in [0.5, 0.6) is 0 Å². The summed E-state index contributed by atoms with van der Waals surface area (Å²) < 4.78 is 17.0. The van der Waals surface area contributed by atoms with Crippen LogP contribution in [0.3, 0.4) is 0 Å². The van der Waals surface area contributed by atoms with E-state index in [1.54, 1.807) is 4.90 Å². The van der Waals surface area contributed by atoms with Gasteiger partial charge in [-0.05, 0) is 24.3 Å². The first-order valence-electron chi connectivity index (χ1n) is 10.6. The molecule has 0 radical (unpaired) electrons. The molecule has 0 saturated carbocycles. The zero-order valence-electron chi connectivity index (χ0n) is 16.9. The molecule has 0 aliphatic carbocycles. The number of amides is 2. The lowest BCUT2D eigenvalue weighted by molar-refractivity contribution is -0.146. The van der Waals surface area contributed by atoms with Crippen LogP contribution in [0.25, 0.3) is 0 Å². The monoisotopic (exact) mass is 421 g/mol. The van der Waals surface area contributed by atoms with E-state index in [4.69, 9.17) is 14.2 Å². The summed E-state index contributed by atoms with van der Waals surface area (Å²) in [5.74, 6) is -0.737. The van der Waals surface area contributed by atoms with Crippen molar-refractivity contribution < 1.29 is 23.8 Å². The minimum absolute atomic E-state index is 0.243. The van der Waals surface area contributed by atoms with Crippen LogP contribution in [0.1, 0.15) is 11.8 Å². The molecule has 8 heteroatoms. The molecule has 8 nitrogen and oxygen atoms in total. The van der Waals surface area contributed by atoms with Crippen LogP contribution in [0, 0.1) is 0 Å². The first-order chi connectivity index (χ1) is 15.2. The third-order valence-electron chi connectivity index (χ3n) is 6.52. The molecule has 6 rings (SSSR count). The lowest BCUT2D eigenvalue weighted by atomic mass is 10.0. The highest BCUT2D eigenvalue weighted by atomic mass is 16.6. The van der Waals surface area contributed by atoms with E-state index in [2.05, 4.69) is 10.2 Å². The summed E-state index contributed by atoms with van der Waals surface area (Å²) in [5.41, 5.74) is 1.18. The van der Waals surface area contributed by atoms with Gasteiger partial charge in [-0.1, -0.05) is 30.3 Å². The van der Waals surface area contributed by atoms with Crippen molar-refractivity contribution in [2.75, 3.05) is 43.1 Å². The third-order valence-corrected chi connectivity index (χ3v) is 6.52. The van der Waals surface area contributed by atoms with Crippen LogP contribution in [0.2, 0.25) is 0 Å². The van der Waals surface area contributed by atoms with Gasteiger partial charge in [0.15, 0.2) is 6.23 Å². The predicted octanol–water partition coefficient (Wildman–Crippen LogP) is 1.54. The average Bonchev–Trinajstić information content (AvgIpc) is 3.34. The van der Waals surface area contributed by atoms with Gasteiger partial charge in [0.2, 0.25) is 0 Å². The summed E-state index contributed by atoms with van der Waals surface area (Å²) in [5, 5.41) is 2.88. The number of epoxide rings is 1. The van der Waals surface area contributed by atoms with Crippen molar-refractivity contribution >= 4 is 23.2 Å². The van der Waals surface area contributed by atoms with Crippen molar-refractivity contribution in [2.45, 2.75) is 24.0 Å². The number of nitrogens with zero attached hydrogens (tertiary/aromatic N) is 2. The highest BCUT2D eigenvalue weighted by Crippen LogP contribution is 2.54. The number of rotatable bonds is 4. The van der Waals surface area contributed by atoms with E-state index in [0.717, 1.165) is 24.3 Å². The van der Waals surface area contributed by atoms with Crippen molar-refractivity contribution in [2.24, 2.45) is 0 Å². The number of hydrogen-bond acceptors (Lipinski definition) is 6. The van der Waals surface area contributed by atoms with Crippen LogP contribution in [-0.2, 0) is 23.8 Å². The van der Waals surface area contributed by atoms with Gasteiger partial charge in [0.1, 0.15) is 6.10 Å². The molecule has 2 aromatic carbocycles. The Labute approximate surface area is 179 Å². The minimum atomic E-state index is -1.44. The van der Waals surface area contributed by atoms with Crippen LogP contribution in [0.4, 0.5) is 11.4 Å². The molecule has 4 aliphatic heterocycles. The quantitative estimate of drug-likeness (QED) is 0.596. The summed E-state index contributed by atoms with van der Waals surface area (Å²) >= 11 is 0. The number of nitrogens with one attached hydrogen (secondary N) is 1. The summed E-state index contributed by atoms with van der Waals surface area (Å²) in [6, 6.07) is 17.0. The Bertz CT molecular complexity index is 1010. The van der Waals surface area contributed by atoms with E-state index in [-0.39, 0.29) is 11.9 Å². The van der Waals surface area contributed by atoms with Crippen LogP contribution in [0.15, 0.2) is 54.6 Å². The second-order valence-corrected chi connectivity index (χ2v) is 8.25. The SMILES string of the molecule is O=C(Nc1ccc(N2CCOCC2)cc1)[C@@]12O[C@@H]1[C@H]1CO[C@H](c3ccccc3)N1C2=O. The van der Waals surface area contributed by atoms with Crippen molar-refractivity contribution in [3.05, 3.63) is 60.2 Å². The zero-order chi connectivity index (χ0) is 21.0. The molecule has 160 valence electrons.